The maximum absolute atomic E-state index is 10.9. The van der Waals surface area contributed by atoms with Crippen molar-refractivity contribution in [3.8, 4) is 6.07 Å². The average Bonchev–Trinajstić information content (AvgIpc) is 1.35. The number of hydrogen-bond donors (Lipinski definition) is 0. The fourth-order valence-electron chi connectivity index (χ4n) is 0. The van der Waals surface area contributed by atoms with Crippen molar-refractivity contribution >= 4 is 11.6 Å². The minimum absolute atomic E-state index is 0.536. The van der Waals surface area contributed by atoms with E-state index in [1.54, 1.807) is 0 Å². The van der Waals surface area contributed by atoms with Crippen LogP contribution in [0.5, 0.6) is 0 Å². The normalized spacial score (nSPS) is 10.3. The van der Waals surface area contributed by atoms with Gasteiger partial charge >= 0.3 is 5.38 Å². The molecule has 0 aromatic heterocycles. The summed E-state index contributed by atoms with van der Waals surface area (Å²) in [4.78, 5) is 0. The Hall–Kier alpha value is -0.360. The molecule has 6 heavy (non-hydrogen) atoms. The van der Waals surface area contributed by atoms with E-state index in [9.17, 15) is 8.78 Å². The van der Waals surface area contributed by atoms with Crippen LogP contribution in [0.25, 0.3) is 0 Å². The van der Waals surface area contributed by atoms with Gasteiger partial charge in [0.2, 0.25) is 0 Å². The van der Waals surface area contributed by atoms with Gasteiger partial charge in [0.15, 0.2) is 6.07 Å². The Morgan fingerprint density at radius 1 is 1.67 bits per heavy atom. The Morgan fingerprint density at radius 2 is 1.83 bits per heavy atom. The molecule has 0 unspecified atom stereocenters. The lowest BCUT2D eigenvalue weighted by molar-refractivity contribution is 0.162. The third kappa shape index (κ3) is 3.64. The topological polar surface area (TPSA) is 23.8 Å². The molecule has 0 bridgehead atoms. The van der Waals surface area contributed by atoms with Gasteiger partial charge in [0.05, 0.1) is 0 Å². The van der Waals surface area contributed by atoms with Crippen LogP contribution < -0.4 is 0 Å². The fraction of sp³-hybridized carbons (Fsp3) is 0.500. The van der Waals surface area contributed by atoms with Crippen molar-refractivity contribution in [3.63, 3.8) is 0 Å². The zero-order chi connectivity index (χ0) is 5.21. The highest BCUT2D eigenvalue weighted by Crippen LogP contribution is 2.15. The van der Waals surface area contributed by atoms with E-state index in [0.29, 0.717) is 6.07 Å². The summed E-state index contributed by atoms with van der Waals surface area (Å²) < 4.78 is 21.7. The molecule has 0 rings (SSSR count). The van der Waals surface area contributed by atoms with E-state index in [-0.39, 0.29) is 0 Å². The van der Waals surface area contributed by atoms with Crippen LogP contribution >= 0.6 is 11.6 Å². The quantitative estimate of drug-likeness (QED) is 0.433. The molecule has 0 aromatic carbocycles. The second-order valence-electron chi connectivity index (χ2n) is 0.610. The van der Waals surface area contributed by atoms with E-state index in [0.717, 1.165) is 0 Å². The van der Waals surface area contributed by atoms with Crippen LogP contribution in [0.15, 0.2) is 0 Å². The molecule has 0 aromatic rings. The van der Waals surface area contributed by atoms with Crippen molar-refractivity contribution in [2.24, 2.45) is 0 Å². The molecule has 0 saturated heterocycles. The van der Waals surface area contributed by atoms with Crippen molar-refractivity contribution in [3.05, 3.63) is 0 Å². The summed E-state index contributed by atoms with van der Waals surface area (Å²) in [7, 11) is 0. The summed E-state index contributed by atoms with van der Waals surface area (Å²) in [5.74, 6) is 0. The van der Waals surface area contributed by atoms with E-state index in [4.69, 9.17) is 5.26 Å². The monoisotopic (exact) mass is 111 g/mol. The zero-order valence-electron chi connectivity index (χ0n) is 2.58. The molecule has 0 aliphatic heterocycles. The van der Waals surface area contributed by atoms with Crippen LogP contribution in [-0.2, 0) is 0 Å². The van der Waals surface area contributed by atoms with Gasteiger partial charge < -0.3 is 0 Å². The first-order valence-corrected chi connectivity index (χ1v) is 1.42. The van der Waals surface area contributed by atoms with Crippen LogP contribution in [0, 0.1) is 11.3 Å². The summed E-state index contributed by atoms with van der Waals surface area (Å²) in [6, 6.07) is 0.536. The van der Waals surface area contributed by atoms with Gasteiger partial charge in [0.1, 0.15) is 0 Å². The van der Waals surface area contributed by atoms with E-state index in [2.05, 4.69) is 11.6 Å². The molecule has 0 N–H and O–H groups in total. The molecule has 0 atom stereocenters. The minimum Gasteiger partial charge on any atom is -0.190 e. The smallest absolute Gasteiger partial charge is 0.190 e. The molecular formula is C2ClF2N. The van der Waals surface area contributed by atoms with Gasteiger partial charge in [-0.3, -0.25) is 0 Å². The molecule has 1 nitrogen and oxygen atoms in total. The molecular weight excluding hydrogens is 111 g/mol. The fourth-order valence-corrected chi connectivity index (χ4v) is 0. The lowest BCUT2D eigenvalue weighted by Gasteiger charge is -1.86. The number of alkyl halides is 3. The first kappa shape index (κ1) is 5.64. The van der Waals surface area contributed by atoms with Crippen LogP contribution in [-0.4, -0.2) is 5.38 Å². The summed E-state index contributed by atoms with van der Waals surface area (Å²) in [6.07, 6.45) is 0. The first-order valence-electron chi connectivity index (χ1n) is 1.04. The van der Waals surface area contributed by atoms with Crippen LogP contribution in [0.2, 0.25) is 0 Å². The van der Waals surface area contributed by atoms with Crippen LogP contribution in [0.1, 0.15) is 0 Å². The molecule has 0 saturated carbocycles. The molecule has 0 fully saturated rings. The summed E-state index contributed by atoms with van der Waals surface area (Å²) in [5.41, 5.74) is 0. The Kier molecular flexibility index (Phi) is 1.31. The highest BCUT2D eigenvalue weighted by Gasteiger charge is 2.22. The second kappa shape index (κ2) is 1.39. The van der Waals surface area contributed by atoms with Gasteiger partial charge in [-0.1, -0.05) is 0 Å². The maximum Gasteiger partial charge on any atom is 0.409 e. The molecule has 4 heteroatoms. The molecule has 0 spiro atoms. The van der Waals surface area contributed by atoms with E-state index in [1.165, 1.54) is 0 Å². The van der Waals surface area contributed by atoms with Crippen molar-refractivity contribution in [2.75, 3.05) is 0 Å². The highest BCUT2D eigenvalue weighted by atomic mass is 35.5. The zero-order valence-corrected chi connectivity index (χ0v) is 3.34. The number of nitriles is 1. The third-order valence-corrected chi connectivity index (χ3v) is 0.211. The van der Waals surface area contributed by atoms with Gasteiger partial charge in [-0.15, -0.1) is 0 Å². The van der Waals surface area contributed by atoms with Gasteiger partial charge in [0, 0.05) is 0 Å². The second-order valence-corrected chi connectivity index (χ2v) is 1.08. The lowest BCUT2D eigenvalue weighted by Crippen LogP contribution is -1.97. The van der Waals surface area contributed by atoms with Crippen LogP contribution in [0.4, 0.5) is 8.78 Å². The first-order chi connectivity index (χ1) is 2.56. The molecule has 0 heterocycles. The Morgan fingerprint density at radius 3 is 1.83 bits per heavy atom. The average molecular weight is 111 g/mol. The van der Waals surface area contributed by atoms with Crippen molar-refractivity contribution in [2.45, 2.75) is 5.38 Å². The highest BCUT2D eigenvalue weighted by molar-refractivity contribution is 6.23. The van der Waals surface area contributed by atoms with E-state index >= 15 is 0 Å². The number of nitrogens with zero attached hydrogens (tertiary/aromatic N) is 1. The minimum atomic E-state index is -3.68. The van der Waals surface area contributed by atoms with Crippen molar-refractivity contribution in [1.29, 1.82) is 5.26 Å². The Bertz CT molecular complexity index is 78.5. The molecule has 0 aliphatic carbocycles. The lowest BCUT2D eigenvalue weighted by atomic mass is 10.8. The predicted molar refractivity (Wildman–Crippen MR) is 16.4 cm³/mol. The van der Waals surface area contributed by atoms with Crippen molar-refractivity contribution < 1.29 is 8.78 Å². The number of rotatable bonds is 0. The summed E-state index contributed by atoms with van der Waals surface area (Å²) in [5, 5.41) is 3.59. The van der Waals surface area contributed by atoms with Gasteiger partial charge in [-0.05, 0) is 11.6 Å². The standard InChI is InChI=1S/C2ClF2N/c3-2(4,5)1-6. The van der Waals surface area contributed by atoms with Gasteiger partial charge in [-0.2, -0.15) is 14.0 Å². The Labute approximate surface area is 38.1 Å². The Balaban J connectivity index is 3.55. The number of halogens is 3. The molecule has 0 aliphatic rings. The SMILES string of the molecule is N#CC(F)(F)Cl. The van der Waals surface area contributed by atoms with E-state index in [1.807, 2.05) is 0 Å². The van der Waals surface area contributed by atoms with Gasteiger partial charge in [0.25, 0.3) is 0 Å². The summed E-state index contributed by atoms with van der Waals surface area (Å²) in [6.45, 7) is 0. The molecule has 34 valence electrons. The molecule has 0 radical (unpaired) electrons. The van der Waals surface area contributed by atoms with E-state index < -0.39 is 5.38 Å². The predicted octanol–water partition coefficient (Wildman–Crippen LogP) is 1.34. The largest absolute Gasteiger partial charge is 0.409 e. The van der Waals surface area contributed by atoms with Crippen LogP contribution in [0.3, 0.4) is 0 Å². The number of hydrogen-bond acceptors (Lipinski definition) is 1. The third-order valence-electron chi connectivity index (χ3n) is 0.127. The maximum atomic E-state index is 10.9. The summed E-state index contributed by atoms with van der Waals surface area (Å²) >= 11 is 4.02. The molecule has 0 amide bonds. The van der Waals surface area contributed by atoms with Crippen molar-refractivity contribution in [1.82, 2.24) is 0 Å². The van der Waals surface area contributed by atoms with Gasteiger partial charge in [-0.25, -0.2) is 0 Å².